The van der Waals surface area contributed by atoms with Crippen molar-refractivity contribution in [2.75, 3.05) is 39.3 Å². The van der Waals surface area contributed by atoms with Crippen molar-refractivity contribution in [2.24, 2.45) is 5.92 Å². The van der Waals surface area contributed by atoms with E-state index in [1.54, 1.807) is 0 Å². The number of nitriles is 1. The molecule has 1 aromatic rings. The molecule has 0 radical (unpaired) electrons. The third-order valence-electron chi connectivity index (χ3n) is 3.89. The standard InChI is InChI=1S/C17H25N3/c1-15(2)13-19-8-10-20(11-9-19)14-17(12-18)16-6-4-3-5-7-16/h3-7,15,17H,8-11,13-14H2,1-2H3. The molecule has 0 aliphatic carbocycles. The predicted molar refractivity (Wildman–Crippen MR) is 82.5 cm³/mol. The molecule has 1 saturated heterocycles. The molecule has 1 unspecified atom stereocenters. The molecule has 20 heavy (non-hydrogen) atoms. The van der Waals surface area contributed by atoms with Gasteiger partial charge < -0.3 is 4.90 Å². The maximum atomic E-state index is 9.39. The van der Waals surface area contributed by atoms with Gasteiger partial charge in [-0.3, -0.25) is 4.90 Å². The van der Waals surface area contributed by atoms with Gasteiger partial charge in [0.15, 0.2) is 0 Å². The van der Waals surface area contributed by atoms with E-state index in [-0.39, 0.29) is 5.92 Å². The van der Waals surface area contributed by atoms with Crippen LogP contribution in [-0.4, -0.2) is 49.1 Å². The highest BCUT2D eigenvalue weighted by molar-refractivity contribution is 5.25. The quantitative estimate of drug-likeness (QED) is 0.824. The molecular formula is C17H25N3. The molecule has 0 amide bonds. The SMILES string of the molecule is CC(C)CN1CCN(CC(C#N)c2ccccc2)CC1. The third-order valence-corrected chi connectivity index (χ3v) is 3.89. The maximum Gasteiger partial charge on any atom is 0.0839 e. The molecule has 0 saturated carbocycles. The Labute approximate surface area is 122 Å². The molecule has 0 N–H and O–H groups in total. The van der Waals surface area contributed by atoms with Crippen LogP contribution in [0.15, 0.2) is 30.3 Å². The summed E-state index contributed by atoms with van der Waals surface area (Å²) in [5.74, 6) is 0.727. The lowest BCUT2D eigenvalue weighted by Gasteiger charge is -2.36. The Hall–Kier alpha value is -1.37. The molecule has 3 heteroatoms. The van der Waals surface area contributed by atoms with Gasteiger partial charge in [0.1, 0.15) is 0 Å². The first-order valence-electron chi connectivity index (χ1n) is 7.58. The van der Waals surface area contributed by atoms with Crippen molar-refractivity contribution in [3.63, 3.8) is 0 Å². The zero-order valence-corrected chi connectivity index (χ0v) is 12.6. The Balaban J connectivity index is 1.84. The lowest BCUT2D eigenvalue weighted by Crippen LogP contribution is -2.48. The molecule has 1 heterocycles. The second-order valence-corrected chi connectivity index (χ2v) is 6.09. The lowest BCUT2D eigenvalue weighted by atomic mass is 10.00. The Morgan fingerprint density at radius 2 is 1.55 bits per heavy atom. The summed E-state index contributed by atoms with van der Waals surface area (Å²) < 4.78 is 0. The van der Waals surface area contributed by atoms with E-state index in [1.165, 1.54) is 6.54 Å². The summed E-state index contributed by atoms with van der Waals surface area (Å²) in [6, 6.07) is 12.6. The van der Waals surface area contributed by atoms with Crippen LogP contribution in [-0.2, 0) is 0 Å². The second-order valence-electron chi connectivity index (χ2n) is 6.09. The largest absolute Gasteiger partial charge is 0.301 e. The summed E-state index contributed by atoms with van der Waals surface area (Å²) in [4.78, 5) is 4.96. The summed E-state index contributed by atoms with van der Waals surface area (Å²) in [6.07, 6.45) is 0. The van der Waals surface area contributed by atoms with Gasteiger partial charge in [-0.15, -0.1) is 0 Å². The number of piperazine rings is 1. The number of hydrogen-bond acceptors (Lipinski definition) is 3. The minimum absolute atomic E-state index is 0.00662. The van der Waals surface area contributed by atoms with Crippen LogP contribution < -0.4 is 0 Å². The first-order valence-corrected chi connectivity index (χ1v) is 7.58. The van der Waals surface area contributed by atoms with Crippen LogP contribution in [0.2, 0.25) is 0 Å². The molecule has 1 atom stereocenters. The molecule has 1 aliphatic heterocycles. The third kappa shape index (κ3) is 4.33. The van der Waals surface area contributed by atoms with Crippen molar-refractivity contribution >= 4 is 0 Å². The van der Waals surface area contributed by atoms with Crippen LogP contribution in [0.25, 0.3) is 0 Å². The molecular weight excluding hydrogens is 246 g/mol. The monoisotopic (exact) mass is 271 g/mol. The van der Waals surface area contributed by atoms with Crippen LogP contribution in [0.4, 0.5) is 0 Å². The molecule has 3 nitrogen and oxygen atoms in total. The Morgan fingerprint density at radius 1 is 1.00 bits per heavy atom. The summed E-state index contributed by atoms with van der Waals surface area (Å²) >= 11 is 0. The van der Waals surface area contributed by atoms with Crippen LogP contribution in [0.3, 0.4) is 0 Å². The second kappa shape index (κ2) is 7.42. The average molecular weight is 271 g/mol. The molecule has 0 spiro atoms. The van der Waals surface area contributed by atoms with Gasteiger partial charge in [0.25, 0.3) is 0 Å². The van der Waals surface area contributed by atoms with Crippen molar-refractivity contribution < 1.29 is 0 Å². The smallest absolute Gasteiger partial charge is 0.0839 e. The number of nitrogens with zero attached hydrogens (tertiary/aromatic N) is 3. The molecule has 1 fully saturated rings. The van der Waals surface area contributed by atoms with Crippen molar-refractivity contribution in [2.45, 2.75) is 19.8 Å². The van der Waals surface area contributed by atoms with Crippen LogP contribution >= 0.6 is 0 Å². The van der Waals surface area contributed by atoms with Gasteiger partial charge in [0.2, 0.25) is 0 Å². The van der Waals surface area contributed by atoms with E-state index in [9.17, 15) is 5.26 Å². The van der Waals surface area contributed by atoms with Gasteiger partial charge in [-0.1, -0.05) is 44.2 Å². The lowest BCUT2D eigenvalue weighted by molar-refractivity contribution is 0.121. The van der Waals surface area contributed by atoms with Gasteiger partial charge in [0.05, 0.1) is 12.0 Å². The zero-order chi connectivity index (χ0) is 14.4. The number of rotatable bonds is 5. The fraction of sp³-hybridized carbons (Fsp3) is 0.588. The van der Waals surface area contributed by atoms with Crippen LogP contribution in [0, 0.1) is 17.2 Å². The van der Waals surface area contributed by atoms with E-state index in [0.29, 0.717) is 0 Å². The van der Waals surface area contributed by atoms with Crippen molar-refractivity contribution in [1.82, 2.24) is 9.80 Å². The minimum Gasteiger partial charge on any atom is -0.301 e. The van der Waals surface area contributed by atoms with Crippen molar-refractivity contribution in [3.05, 3.63) is 35.9 Å². The molecule has 1 aromatic carbocycles. The highest BCUT2D eigenvalue weighted by atomic mass is 15.3. The van der Waals surface area contributed by atoms with Crippen molar-refractivity contribution in [3.8, 4) is 6.07 Å². The van der Waals surface area contributed by atoms with E-state index in [4.69, 9.17) is 0 Å². The highest BCUT2D eigenvalue weighted by Gasteiger charge is 2.21. The molecule has 1 aliphatic rings. The summed E-state index contributed by atoms with van der Waals surface area (Å²) in [5, 5.41) is 9.39. The molecule has 2 rings (SSSR count). The molecule has 0 aromatic heterocycles. The van der Waals surface area contributed by atoms with Crippen LogP contribution in [0.1, 0.15) is 25.3 Å². The predicted octanol–water partition coefficient (Wildman–Crippen LogP) is 2.57. The fourth-order valence-corrected chi connectivity index (χ4v) is 2.84. The van der Waals surface area contributed by atoms with E-state index in [1.807, 2.05) is 18.2 Å². The Bertz CT molecular complexity index is 427. The zero-order valence-electron chi connectivity index (χ0n) is 12.6. The van der Waals surface area contributed by atoms with Gasteiger partial charge in [-0.25, -0.2) is 0 Å². The van der Waals surface area contributed by atoms with Gasteiger partial charge in [-0.05, 0) is 11.5 Å². The summed E-state index contributed by atoms with van der Waals surface area (Å²) in [7, 11) is 0. The van der Waals surface area contributed by atoms with Gasteiger partial charge in [-0.2, -0.15) is 5.26 Å². The Morgan fingerprint density at radius 3 is 2.05 bits per heavy atom. The maximum absolute atomic E-state index is 9.39. The van der Waals surface area contributed by atoms with E-state index in [2.05, 4.69) is 41.8 Å². The first-order chi connectivity index (χ1) is 9.69. The van der Waals surface area contributed by atoms with E-state index in [0.717, 1.165) is 44.2 Å². The van der Waals surface area contributed by atoms with E-state index >= 15 is 0 Å². The number of hydrogen-bond donors (Lipinski definition) is 0. The minimum atomic E-state index is -0.00662. The molecule has 108 valence electrons. The Kier molecular flexibility index (Phi) is 5.58. The topological polar surface area (TPSA) is 30.3 Å². The van der Waals surface area contributed by atoms with E-state index < -0.39 is 0 Å². The first kappa shape index (κ1) is 15.0. The van der Waals surface area contributed by atoms with Gasteiger partial charge in [0, 0.05) is 39.3 Å². The van der Waals surface area contributed by atoms with Crippen molar-refractivity contribution in [1.29, 1.82) is 5.26 Å². The highest BCUT2D eigenvalue weighted by Crippen LogP contribution is 2.17. The fourth-order valence-electron chi connectivity index (χ4n) is 2.84. The van der Waals surface area contributed by atoms with Crippen LogP contribution in [0.5, 0.6) is 0 Å². The average Bonchev–Trinajstić information content (AvgIpc) is 2.47. The normalized spacial score (nSPS) is 18.9. The molecule has 0 bridgehead atoms. The summed E-state index contributed by atoms with van der Waals surface area (Å²) in [6.45, 7) is 11.0. The van der Waals surface area contributed by atoms with Gasteiger partial charge >= 0.3 is 0 Å². The summed E-state index contributed by atoms with van der Waals surface area (Å²) in [5.41, 5.74) is 1.14. The number of benzene rings is 1.